The zero-order chi connectivity index (χ0) is 11.9. The minimum Gasteiger partial charge on any atom is -0.236 e. The Morgan fingerprint density at radius 2 is 1.75 bits per heavy atom. The maximum atomic E-state index is 12.6. The van der Waals surface area contributed by atoms with Crippen LogP contribution in [0.25, 0.3) is 10.9 Å². The molecule has 1 nitrogen and oxygen atoms in total. The zero-order valence-corrected chi connectivity index (χ0v) is 9.02. The van der Waals surface area contributed by atoms with Crippen LogP contribution in [0.4, 0.5) is 13.2 Å². The highest BCUT2D eigenvalue weighted by atomic mass is 35.5. The van der Waals surface area contributed by atoms with Crippen LogP contribution >= 0.6 is 11.6 Å². The monoisotopic (exact) mass is 245 g/mol. The molecular formula is C11H7ClF3N. The molecule has 1 aromatic heterocycles. The summed E-state index contributed by atoms with van der Waals surface area (Å²) < 4.78 is 37.8. The highest BCUT2D eigenvalue weighted by Crippen LogP contribution is 2.34. The van der Waals surface area contributed by atoms with Gasteiger partial charge < -0.3 is 0 Å². The first kappa shape index (κ1) is 11.2. The quantitative estimate of drug-likeness (QED) is 0.634. The van der Waals surface area contributed by atoms with Gasteiger partial charge >= 0.3 is 6.18 Å². The molecule has 0 unspecified atom stereocenters. The van der Waals surface area contributed by atoms with Crippen molar-refractivity contribution in [2.75, 3.05) is 0 Å². The first-order valence-corrected chi connectivity index (χ1v) is 4.90. The highest BCUT2D eigenvalue weighted by molar-refractivity contribution is 6.29. The highest BCUT2D eigenvalue weighted by Gasteiger charge is 2.32. The van der Waals surface area contributed by atoms with Crippen LogP contribution in [0.3, 0.4) is 0 Å². The van der Waals surface area contributed by atoms with Crippen LogP contribution in [0.15, 0.2) is 24.3 Å². The Kier molecular flexibility index (Phi) is 2.54. The van der Waals surface area contributed by atoms with E-state index in [0.29, 0.717) is 10.9 Å². The van der Waals surface area contributed by atoms with Crippen LogP contribution in [0.1, 0.15) is 11.1 Å². The molecule has 0 spiro atoms. The number of nitrogens with zero attached hydrogens (tertiary/aromatic N) is 1. The predicted octanol–water partition coefficient (Wildman–Crippen LogP) is 4.22. The molecule has 0 aliphatic carbocycles. The van der Waals surface area contributed by atoms with Gasteiger partial charge in [0.05, 0.1) is 11.1 Å². The fourth-order valence-corrected chi connectivity index (χ4v) is 1.76. The first-order valence-electron chi connectivity index (χ1n) is 4.52. The number of aromatic nitrogens is 1. The smallest absolute Gasteiger partial charge is 0.236 e. The van der Waals surface area contributed by atoms with E-state index in [1.54, 1.807) is 12.1 Å². The standard InChI is InChI=1S/C11H7ClF3N/c1-6-8(11(13,14)15)4-2-7-3-5-9(12)16-10(6)7/h2-5H,1H3. The molecule has 2 aromatic rings. The van der Waals surface area contributed by atoms with Crippen molar-refractivity contribution in [3.63, 3.8) is 0 Å². The lowest BCUT2D eigenvalue weighted by Crippen LogP contribution is -2.07. The van der Waals surface area contributed by atoms with Crippen molar-refractivity contribution in [2.45, 2.75) is 13.1 Å². The van der Waals surface area contributed by atoms with Crippen LogP contribution in [-0.4, -0.2) is 4.98 Å². The molecule has 0 N–H and O–H groups in total. The first-order chi connectivity index (χ1) is 7.39. The summed E-state index contributed by atoms with van der Waals surface area (Å²) in [6.45, 7) is 1.40. The Labute approximate surface area is 94.9 Å². The third-order valence-electron chi connectivity index (χ3n) is 2.39. The number of hydrogen-bond donors (Lipinski definition) is 0. The van der Waals surface area contributed by atoms with Gasteiger partial charge in [-0.25, -0.2) is 4.98 Å². The van der Waals surface area contributed by atoms with Crippen LogP contribution in [-0.2, 0) is 6.18 Å². The SMILES string of the molecule is Cc1c(C(F)(F)F)ccc2ccc(Cl)nc12. The van der Waals surface area contributed by atoms with Gasteiger partial charge in [0.1, 0.15) is 5.15 Å². The van der Waals surface area contributed by atoms with Gasteiger partial charge in [-0.2, -0.15) is 13.2 Å². The summed E-state index contributed by atoms with van der Waals surface area (Å²) in [5, 5.41) is 0.838. The molecule has 0 amide bonds. The van der Waals surface area contributed by atoms with E-state index in [1.807, 2.05) is 0 Å². The summed E-state index contributed by atoms with van der Waals surface area (Å²) in [7, 11) is 0. The lowest BCUT2D eigenvalue weighted by Gasteiger charge is -2.11. The van der Waals surface area contributed by atoms with Crippen molar-refractivity contribution < 1.29 is 13.2 Å². The van der Waals surface area contributed by atoms with Gasteiger partial charge in [-0.3, -0.25) is 0 Å². The molecular weight excluding hydrogens is 239 g/mol. The lowest BCUT2D eigenvalue weighted by molar-refractivity contribution is -0.137. The number of halogens is 4. The van der Waals surface area contributed by atoms with E-state index in [4.69, 9.17) is 11.6 Å². The van der Waals surface area contributed by atoms with Crippen molar-refractivity contribution in [3.05, 3.63) is 40.5 Å². The molecule has 5 heteroatoms. The second kappa shape index (κ2) is 3.63. The third-order valence-corrected chi connectivity index (χ3v) is 2.60. The molecule has 1 heterocycles. The van der Waals surface area contributed by atoms with Gasteiger partial charge in [0, 0.05) is 5.39 Å². The minimum atomic E-state index is -4.36. The molecule has 1 aromatic carbocycles. The van der Waals surface area contributed by atoms with Crippen LogP contribution in [0.2, 0.25) is 5.15 Å². The van der Waals surface area contributed by atoms with E-state index in [0.717, 1.165) is 6.07 Å². The minimum absolute atomic E-state index is 0.104. The van der Waals surface area contributed by atoms with Gasteiger partial charge in [0.2, 0.25) is 0 Å². The summed E-state index contributed by atoms with van der Waals surface area (Å²) in [4.78, 5) is 3.91. The molecule has 0 aliphatic rings. The third kappa shape index (κ3) is 1.85. The number of fused-ring (bicyclic) bond motifs is 1. The van der Waals surface area contributed by atoms with Crippen LogP contribution in [0, 0.1) is 6.92 Å². The second-order valence-electron chi connectivity index (χ2n) is 3.44. The Bertz CT molecular complexity index is 549. The van der Waals surface area contributed by atoms with Gasteiger partial charge in [0.25, 0.3) is 0 Å². The summed E-state index contributed by atoms with van der Waals surface area (Å²) in [5.74, 6) is 0. The molecule has 0 aliphatic heterocycles. The molecule has 84 valence electrons. The summed E-state index contributed by atoms with van der Waals surface area (Å²) in [6.07, 6.45) is -4.36. The lowest BCUT2D eigenvalue weighted by atomic mass is 10.0. The molecule has 0 bridgehead atoms. The largest absolute Gasteiger partial charge is 0.416 e. The normalized spacial score (nSPS) is 12.1. The van der Waals surface area contributed by atoms with Crippen molar-refractivity contribution in [1.29, 1.82) is 0 Å². The molecule has 0 saturated heterocycles. The number of hydrogen-bond acceptors (Lipinski definition) is 1. The summed E-state index contributed by atoms with van der Waals surface area (Å²) >= 11 is 5.66. The zero-order valence-electron chi connectivity index (χ0n) is 8.27. The van der Waals surface area contributed by atoms with E-state index in [-0.39, 0.29) is 10.7 Å². The van der Waals surface area contributed by atoms with Gasteiger partial charge in [0.15, 0.2) is 0 Å². The number of rotatable bonds is 0. The maximum Gasteiger partial charge on any atom is 0.416 e. The number of alkyl halides is 3. The molecule has 16 heavy (non-hydrogen) atoms. The molecule has 0 atom stereocenters. The number of aryl methyl sites for hydroxylation is 1. The average molecular weight is 246 g/mol. The van der Waals surface area contributed by atoms with Crippen LogP contribution in [0.5, 0.6) is 0 Å². The predicted molar refractivity (Wildman–Crippen MR) is 56.5 cm³/mol. The number of pyridine rings is 1. The Hall–Kier alpha value is -1.29. The van der Waals surface area contributed by atoms with E-state index < -0.39 is 11.7 Å². The Balaban J connectivity index is 2.78. The van der Waals surface area contributed by atoms with E-state index in [1.165, 1.54) is 13.0 Å². The molecule has 0 radical (unpaired) electrons. The van der Waals surface area contributed by atoms with Crippen molar-refractivity contribution in [1.82, 2.24) is 4.98 Å². The molecule has 0 saturated carbocycles. The summed E-state index contributed by atoms with van der Waals surface area (Å²) in [6, 6.07) is 5.66. The molecule has 2 rings (SSSR count). The van der Waals surface area contributed by atoms with E-state index >= 15 is 0 Å². The van der Waals surface area contributed by atoms with Gasteiger partial charge in [-0.1, -0.05) is 17.7 Å². The maximum absolute atomic E-state index is 12.6. The number of benzene rings is 1. The Morgan fingerprint density at radius 1 is 1.12 bits per heavy atom. The van der Waals surface area contributed by atoms with E-state index in [2.05, 4.69) is 4.98 Å². The second-order valence-corrected chi connectivity index (χ2v) is 3.83. The fraction of sp³-hybridized carbons (Fsp3) is 0.182. The average Bonchev–Trinajstić information content (AvgIpc) is 2.17. The molecule has 0 fully saturated rings. The van der Waals surface area contributed by atoms with Gasteiger partial charge in [-0.15, -0.1) is 0 Å². The fourth-order valence-electron chi connectivity index (χ4n) is 1.61. The summed E-state index contributed by atoms with van der Waals surface area (Å²) in [5.41, 5.74) is -0.274. The van der Waals surface area contributed by atoms with Crippen molar-refractivity contribution in [3.8, 4) is 0 Å². The Morgan fingerprint density at radius 3 is 2.38 bits per heavy atom. The van der Waals surface area contributed by atoms with Crippen molar-refractivity contribution in [2.24, 2.45) is 0 Å². The van der Waals surface area contributed by atoms with Crippen LogP contribution < -0.4 is 0 Å². The van der Waals surface area contributed by atoms with Gasteiger partial charge in [-0.05, 0) is 30.7 Å². The topological polar surface area (TPSA) is 12.9 Å². The van der Waals surface area contributed by atoms with E-state index in [9.17, 15) is 13.2 Å². The van der Waals surface area contributed by atoms with Crippen molar-refractivity contribution >= 4 is 22.5 Å².